The molecule has 8 nitrogen and oxygen atoms in total. The molecule has 10 heteroatoms. The predicted octanol–water partition coefficient (Wildman–Crippen LogP) is 5.09. The van der Waals surface area contributed by atoms with Crippen molar-refractivity contribution in [2.75, 3.05) is 10.8 Å². The zero-order valence-corrected chi connectivity index (χ0v) is 19.4. The zero-order valence-electron chi connectivity index (χ0n) is 17.8. The van der Waals surface area contributed by atoms with Crippen LogP contribution in [0.15, 0.2) is 80.8 Å². The van der Waals surface area contributed by atoms with Crippen LogP contribution in [-0.2, 0) is 27.8 Å². The molecule has 0 N–H and O–H groups in total. The number of carbonyl (C=O) groups is 1. The molecule has 2 aromatic heterocycles. The quantitative estimate of drug-likeness (QED) is 0.341. The number of para-hydroxylation sites is 1. The van der Waals surface area contributed by atoms with Gasteiger partial charge >= 0.3 is 5.97 Å². The molecule has 0 saturated heterocycles. The Balaban J connectivity index is 1.36. The summed E-state index contributed by atoms with van der Waals surface area (Å²) in [5, 5.41) is 3.93. The minimum Gasteiger partial charge on any atom is -0.461 e. The van der Waals surface area contributed by atoms with Crippen LogP contribution in [0.2, 0.25) is 5.02 Å². The topological polar surface area (TPSA) is 103 Å². The molecule has 2 aromatic carbocycles. The summed E-state index contributed by atoms with van der Waals surface area (Å²) < 4.78 is 44.0. The number of rotatable bonds is 6. The predicted molar refractivity (Wildman–Crippen MR) is 124 cm³/mol. The second-order valence-electron chi connectivity index (χ2n) is 7.69. The lowest BCUT2D eigenvalue weighted by molar-refractivity contribution is 0.0464. The number of fused-ring (bicyclic) bond motifs is 1. The number of ether oxygens (including phenoxy) is 1. The largest absolute Gasteiger partial charge is 0.461 e. The van der Waals surface area contributed by atoms with E-state index in [4.69, 9.17) is 25.3 Å². The Hall–Kier alpha value is -3.56. The van der Waals surface area contributed by atoms with Crippen molar-refractivity contribution in [3.8, 4) is 11.5 Å². The number of benzene rings is 2. The number of carbonyl (C=O) groups excluding carboxylic acids is 1. The Labute approximate surface area is 200 Å². The molecule has 1 aliphatic rings. The average molecular weight is 499 g/mol. The molecule has 3 heterocycles. The van der Waals surface area contributed by atoms with E-state index in [0.717, 1.165) is 12.0 Å². The third kappa shape index (κ3) is 4.20. The summed E-state index contributed by atoms with van der Waals surface area (Å²) in [6, 6.07) is 16.4. The molecule has 0 bridgehead atoms. The van der Waals surface area contributed by atoms with Gasteiger partial charge in [-0.3, -0.25) is 4.31 Å². The highest BCUT2D eigenvalue weighted by Gasteiger charge is 2.30. The van der Waals surface area contributed by atoms with E-state index in [2.05, 4.69) is 5.16 Å². The van der Waals surface area contributed by atoms with Crippen LogP contribution in [0.4, 0.5) is 5.69 Å². The van der Waals surface area contributed by atoms with Crippen molar-refractivity contribution < 1.29 is 26.9 Å². The Morgan fingerprint density at radius 3 is 2.76 bits per heavy atom. The van der Waals surface area contributed by atoms with Crippen molar-refractivity contribution in [2.24, 2.45) is 0 Å². The maximum atomic E-state index is 13.4. The van der Waals surface area contributed by atoms with E-state index in [-0.39, 0.29) is 22.1 Å². The fourth-order valence-corrected chi connectivity index (χ4v) is 5.59. The van der Waals surface area contributed by atoms with E-state index in [9.17, 15) is 13.2 Å². The van der Waals surface area contributed by atoms with Gasteiger partial charge in [-0.05, 0) is 54.8 Å². The molecule has 174 valence electrons. The van der Waals surface area contributed by atoms with Gasteiger partial charge < -0.3 is 13.7 Å². The van der Waals surface area contributed by atoms with Gasteiger partial charge in [0.25, 0.3) is 10.0 Å². The lowest BCUT2D eigenvalue weighted by Gasteiger charge is -2.30. The van der Waals surface area contributed by atoms with Crippen molar-refractivity contribution in [3.63, 3.8) is 0 Å². The highest BCUT2D eigenvalue weighted by atomic mass is 35.5. The van der Waals surface area contributed by atoms with Crippen LogP contribution in [0.3, 0.4) is 0 Å². The molecule has 0 atom stereocenters. The number of hydrogen-bond donors (Lipinski definition) is 0. The molecule has 0 fully saturated rings. The standard InChI is InChI=1S/C24H19ClN2O6S/c25-20-10-9-18(34(29,30)27-11-3-6-16-5-1-2-7-21(16)27)14-19(20)24(28)32-15-17-13-23(33-26-17)22-8-4-12-31-22/h1-2,4-5,7-10,12-14H,3,6,11,15H2. The van der Waals surface area contributed by atoms with Crippen molar-refractivity contribution in [2.45, 2.75) is 24.3 Å². The third-order valence-electron chi connectivity index (χ3n) is 5.49. The number of hydrogen-bond acceptors (Lipinski definition) is 7. The first kappa shape index (κ1) is 22.2. The van der Waals surface area contributed by atoms with Gasteiger partial charge in [-0.25, -0.2) is 13.2 Å². The van der Waals surface area contributed by atoms with Gasteiger partial charge in [-0.1, -0.05) is 35.0 Å². The second kappa shape index (κ2) is 9.00. The highest BCUT2D eigenvalue weighted by molar-refractivity contribution is 7.92. The lowest BCUT2D eigenvalue weighted by atomic mass is 10.0. The van der Waals surface area contributed by atoms with Crippen LogP contribution >= 0.6 is 11.6 Å². The fraction of sp³-hybridized carbons (Fsp3) is 0.167. The molecule has 0 radical (unpaired) electrons. The highest BCUT2D eigenvalue weighted by Crippen LogP contribution is 2.33. The summed E-state index contributed by atoms with van der Waals surface area (Å²) >= 11 is 6.21. The van der Waals surface area contributed by atoms with Gasteiger partial charge in [0, 0.05) is 12.6 Å². The Morgan fingerprint density at radius 2 is 1.94 bits per heavy atom. The van der Waals surface area contributed by atoms with E-state index in [1.807, 2.05) is 12.1 Å². The first-order chi connectivity index (χ1) is 16.4. The first-order valence-electron chi connectivity index (χ1n) is 10.5. The SMILES string of the molecule is O=C(OCc1cc(-c2ccco2)on1)c1cc(S(=O)(=O)N2CCCc3ccccc32)ccc1Cl. The zero-order chi connectivity index (χ0) is 23.7. The van der Waals surface area contributed by atoms with Crippen molar-refractivity contribution in [1.82, 2.24) is 5.16 Å². The van der Waals surface area contributed by atoms with Crippen LogP contribution in [-0.4, -0.2) is 26.1 Å². The van der Waals surface area contributed by atoms with E-state index in [0.29, 0.717) is 35.9 Å². The number of esters is 1. The molecule has 5 rings (SSSR count). The maximum Gasteiger partial charge on any atom is 0.340 e. The molecule has 0 aliphatic carbocycles. The molecule has 1 aliphatic heterocycles. The Kier molecular flexibility index (Phi) is 5.89. The summed E-state index contributed by atoms with van der Waals surface area (Å²) in [6.45, 7) is 0.168. The average Bonchev–Trinajstić information content (AvgIpc) is 3.54. The Morgan fingerprint density at radius 1 is 1.09 bits per heavy atom. The van der Waals surface area contributed by atoms with Crippen molar-refractivity contribution >= 4 is 33.3 Å². The summed E-state index contributed by atoms with van der Waals surface area (Å²) in [7, 11) is -3.91. The van der Waals surface area contributed by atoms with Crippen molar-refractivity contribution in [1.29, 1.82) is 0 Å². The summed E-state index contributed by atoms with van der Waals surface area (Å²) in [6.07, 6.45) is 3.02. The van der Waals surface area contributed by atoms with Crippen LogP contribution in [0.1, 0.15) is 28.0 Å². The fourth-order valence-electron chi connectivity index (χ4n) is 3.83. The monoisotopic (exact) mass is 498 g/mol. The van der Waals surface area contributed by atoms with E-state index in [1.165, 1.54) is 28.8 Å². The van der Waals surface area contributed by atoms with Gasteiger partial charge in [0.2, 0.25) is 5.76 Å². The van der Waals surface area contributed by atoms with Gasteiger partial charge in [0.05, 0.1) is 27.4 Å². The third-order valence-corrected chi connectivity index (χ3v) is 7.63. The van der Waals surface area contributed by atoms with Crippen LogP contribution in [0.5, 0.6) is 0 Å². The summed E-state index contributed by atoms with van der Waals surface area (Å²) in [4.78, 5) is 12.7. The van der Waals surface area contributed by atoms with Gasteiger partial charge in [0.15, 0.2) is 5.76 Å². The smallest absolute Gasteiger partial charge is 0.340 e. The van der Waals surface area contributed by atoms with Gasteiger partial charge in [-0.2, -0.15) is 0 Å². The number of furan rings is 1. The second-order valence-corrected chi connectivity index (χ2v) is 9.96. The van der Waals surface area contributed by atoms with E-state index < -0.39 is 16.0 Å². The molecular weight excluding hydrogens is 480 g/mol. The van der Waals surface area contributed by atoms with Crippen LogP contribution in [0.25, 0.3) is 11.5 Å². The Bertz CT molecular complexity index is 1450. The van der Waals surface area contributed by atoms with Crippen LogP contribution < -0.4 is 4.31 Å². The number of anilines is 1. The van der Waals surface area contributed by atoms with Gasteiger partial charge in [-0.15, -0.1) is 0 Å². The van der Waals surface area contributed by atoms with Crippen LogP contribution in [0, 0.1) is 0 Å². The maximum absolute atomic E-state index is 13.4. The number of aromatic nitrogens is 1. The van der Waals surface area contributed by atoms with E-state index in [1.54, 1.807) is 30.3 Å². The molecule has 34 heavy (non-hydrogen) atoms. The molecular formula is C24H19ClN2O6S. The number of nitrogens with zero attached hydrogens (tertiary/aromatic N) is 2. The minimum absolute atomic E-state index is 0.0397. The normalized spacial score (nSPS) is 13.5. The number of halogens is 1. The summed E-state index contributed by atoms with van der Waals surface area (Å²) in [5.74, 6) is 0.109. The first-order valence-corrected chi connectivity index (χ1v) is 12.3. The molecule has 0 amide bonds. The molecule has 4 aromatic rings. The lowest BCUT2D eigenvalue weighted by Crippen LogP contribution is -2.35. The van der Waals surface area contributed by atoms with Gasteiger partial charge in [0.1, 0.15) is 12.3 Å². The summed E-state index contributed by atoms with van der Waals surface area (Å²) in [5.41, 5.74) is 1.92. The molecule has 0 saturated carbocycles. The molecule has 0 unspecified atom stereocenters. The van der Waals surface area contributed by atoms with Crippen molar-refractivity contribution in [3.05, 3.63) is 88.8 Å². The van der Waals surface area contributed by atoms with E-state index >= 15 is 0 Å². The number of aryl methyl sites for hydroxylation is 1. The minimum atomic E-state index is -3.91. The number of sulfonamides is 1. The molecule has 0 spiro atoms.